The van der Waals surface area contributed by atoms with E-state index in [1.165, 1.54) is 48.6 Å². The molecule has 20 nitrogen and oxygen atoms in total. The number of aliphatic hydroxyl groups is 2. The lowest BCUT2D eigenvalue weighted by Crippen LogP contribution is -2.63. The van der Waals surface area contributed by atoms with E-state index in [2.05, 4.69) is 5.32 Å². The number of aliphatic hydroxyl groups excluding tert-OH is 1. The molecule has 1 aromatic rings. The second-order valence-electron chi connectivity index (χ2n) is 20.3. The molecule has 1 saturated carbocycles. The van der Waals surface area contributed by atoms with Crippen LogP contribution in [-0.4, -0.2) is 147 Å². The Bertz CT molecular complexity index is 2370. The number of hydroxylamine groups is 2. The van der Waals surface area contributed by atoms with E-state index < -0.39 is 94.2 Å². The van der Waals surface area contributed by atoms with Gasteiger partial charge in [-0.3, -0.25) is 34.2 Å². The number of thioether (sulfide) groups is 1. The normalized spacial score (nSPS) is 32.6. The molecule has 5 aliphatic heterocycles. The number of benzene rings is 1. The molecule has 4 bridgehead atoms. The molecule has 6 aliphatic rings. The molecule has 7 rings (SSSR count). The Kier molecular flexibility index (Phi) is 16.9. The van der Waals surface area contributed by atoms with Gasteiger partial charge in [0.15, 0.2) is 11.3 Å². The predicted octanol–water partition coefficient (Wildman–Crippen LogP) is 4.47. The molecule has 8 atom stereocenters. The molecule has 0 radical (unpaired) electrons. The molecular formula is C50H65ClN4O16S. The van der Waals surface area contributed by atoms with Gasteiger partial charge < -0.3 is 43.6 Å². The van der Waals surface area contributed by atoms with Crippen LogP contribution in [-0.2, 0) is 63.8 Å². The number of nitrogens with one attached hydrogen (secondary N) is 1. The zero-order chi connectivity index (χ0) is 52.4. The van der Waals surface area contributed by atoms with Crippen LogP contribution in [0, 0.1) is 17.8 Å². The lowest BCUT2D eigenvalue weighted by atomic mass is 9.82. The quantitative estimate of drug-likeness (QED) is 0.107. The molecule has 0 aromatic heterocycles. The van der Waals surface area contributed by atoms with Crippen LogP contribution < -0.4 is 15.0 Å². The first-order chi connectivity index (χ1) is 33.9. The van der Waals surface area contributed by atoms with Gasteiger partial charge in [0, 0.05) is 51.8 Å². The van der Waals surface area contributed by atoms with Crippen molar-refractivity contribution in [1.29, 1.82) is 0 Å². The van der Waals surface area contributed by atoms with Crippen LogP contribution in [0.3, 0.4) is 0 Å². The number of nitrogens with zero attached hydrogens (tertiary/aromatic N) is 3. The van der Waals surface area contributed by atoms with Crippen LogP contribution >= 0.6 is 23.4 Å². The zero-order valence-electron chi connectivity index (χ0n) is 41.6. The topological polar surface area (TPSA) is 257 Å². The van der Waals surface area contributed by atoms with Gasteiger partial charge in [-0.1, -0.05) is 42.3 Å². The van der Waals surface area contributed by atoms with Gasteiger partial charge in [-0.15, -0.1) is 16.8 Å². The number of imide groups is 2. The lowest BCUT2D eigenvalue weighted by Gasteiger charge is -2.41. The minimum Gasteiger partial charge on any atom is -0.495 e. The van der Waals surface area contributed by atoms with Crippen LogP contribution in [0.15, 0.2) is 35.9 Å². The van der Waals surface area contributed by atoms with Crippen LogP contribution in [0.25, 0.3) is 0 Å². The van der Waals surface area contributed by atoms with Crippen molar-refractivity contribution in [3.8, 4) is 5.75 Å². The number of fused-ring (bicyclic) bond motifs is 5. The number of rotatable bonds is 13. The maximum atomic E-state index is 14.3. The third-order valence-electron chi connectivity index (χ3n) is 14.5. The summed E-state index contributed by atoms with van der Waals surface area (Å²) in [5.41, 5.74) is -3.01. The highest BCUT2D eigenvalue weighted by molar-refractivity contribution is 8.00. The summed E-state index contributed by atoms with van der Waals surface area (Å²) < 4.78 is 29.7. The largest absolute Gasteiger partial charge is 0.495 e. The zero-order valence-corrected chi connectivity index (χ0v) is 43.2. The Hall–Kier alpha value is -5.06. The fourth-order valence-corrected chi connectivity index (χ4v) is 11.3. The number of halogens is 1. The third kappa shape index (κ3) is 12.1. The number of hydrogen-bond acceptors (Lipinski definition) is 17. The number of carbonyl (C=O) groups excluding carboxylic acids is 8. The van der Waals surface area contributed by atoms with E-state index in [0.717, 1.165) is 11.1 Å². The highest BCUT2D eigenvalue weighted by Crippen LogP contribution is 2.49. The molecule has 0 spiro atoms. The maximum Gasteiger partial charge on any atom is 0.409 e. The smallest absolute Gasteiger partial charge is 0.409 e. The summed E-state index contributed by atoms with van der Waals surface area (Å²) in [7, 11) is 3.01. The van der Waals surface area contributed by atoms with Gasteiger partial charge in [-0.25, -0.2) is 14.4 Å². The van der Waals surface area contributed by atoms with Crippen LogP contribution in [0.1, 0.15) is 104 Å². The first-order valence-electron chi connectivity index (χ1n) is 24.4. The summed E-state index contributed by atoms with van der Waals surface area (Å²) in [5.74, 6) is -3.93. The highest BCUT2D eigenvalue weighted by Gasteiger charge is 2.65. The summed E-state index contributed by atoms with van der Waals surface area (Å²) in [5, 5.41) is 25.1. The number of epoxide rings is 1. The van der Waals surface area contributed by atoms with Crippen LogP contribution in [0.5, 0.6) is 5.75 Å². The maximum absolute atomic E-state index is 14.3. The van der Waals surface area contributed by atoms with Crippen LogP contribution in [0.4, 0.5) is 10.5 Å². The number of allylic oxidation sites excluding steroid dienone is 3. The van der Waals surface area contributed by atoms with Gasteiger partial charge in [0.1, 0.15) is 34.7 Å². The molecule has 394 valence electrons. The van der Waals surface area contributed by atoms with E-state index in [-0.39, 0.29) is 68.0 Å². The van der Waals surface area contributed by atoms with E-state index in [0.29, 0.717) is 60.8 Å². The number of likely N-dealkylation sites (tertiary alicyclic amines) is 1. The summed E-state index contributed by atoms with van der Waals surface area (Å²) >= 11 is 8.11. The van der Waals surface area contributed by atoms with Crippen molar-refractivity contribution in [2.75, 3.05) is 38.0 Å². The molecule has 4 saturated heterocycles. The van der Waals surface area contributed by atoms with Crippen molar-refractivity contribution in [3.63, 3.8) is 0 Å². The molecular weight excluding hydrogens is 980 g/mol. The van der Waals surface area contributed by atoms with E-state index in [9.17, 15) is 48.6 Å². The van der Waals surface area contributed by atoms with Gasteiger partial charge in [0.05, 0.1) is 36.5 Å². The van der Waals surface area contributed by atoms with E-state index in [1.54, 1.807) is 45.2 Å². The third-order valence-corrected chi connectivity index (χ3v) is 16.2. The molecule has 22 heteroatoms. The predicted molar refractivity (Wildman–Crippen MR) is 259 cm³/mol. The minimum absolute atomic E-state index is 0.00863. The van der Waals surface area contributed by atoms with Gasteiger partial charge in [-0.05, 0) is 95.6 Å². The Balaban J connectivity index is 0.962. The van der Waals surface area contributed by atoms with E-state index >= 15 is 0 Å². The molecule has 1 unspecified atom stereocenters. The molecule has 1 aliphatic carbocycles. The van der Waals surface area contributed by atoms with E-state index in [1.807, 2.05) is 6.92 Å². The molecule has 1 aromatic carbocycles. The fourth-order valence-electron chi connectivity index (χ4n) is 9.92. The average Bonchev–Trinajstić information content (AvgIpc) is 3.84. The van der Waals surface area contributed by atoms with Crippen LogP contribution in [0.2, 0.25) is 5.02 Å². The van der Waals surface area contributed by atoms with E-state index in [4.69, 9.17) is 40.1 Å². The molecule has 5 heterocycles. The Morgan fingerprint density at radius 2 is 1.71 bits per heavy atom. The Morgan fingerprint density at radius 1 is 1.01 bits per heavy atom. The number of carbonyl (C=O) groups is 8. The number of amides is 6. The van der Waals surface area contributed by atoms with Crippen molar-refractivity contribution in [2.45, 2.75) is 152 Å². The minimum atomic E-state index is -2.10. The first-order valence-corrected chi connectivity index (χ1v) is 25.8. The molecule has 72 heavy (non-hydrogen) atoms. The van der Waals surface area contributed by atoms with Gasteiger partial charge in [0.25, 0.3) is 11.8 Å². The van der Waals surface area contributed by atoms with Gasteiger partial charge >= 0.3 is 18.0 Å². The SMILES string of the molecule is COc1cc2cc(c1Cl)N(C)C(=O)C[C@H](OC(=O)C(C)(C)OCCCSC1CC(=O)N(CC3CCC(C(=O)ON4C(=O)CCC4=O)CC3)C1=O)[C@]1(C)O[C@H]1[C@H](C)[C@@H]1C[C@@](O)(NC(=O)O1)[C@H](O)/C=C/C=C(\C)C2. The number of methoxy groups -OCH3 is 1. The van der Waals surface area contributed by atoms with Crippen molar-refractivity contribution in [3.05, 3.63) is 46.5 Å². The number of ether oxygens (including phenoxy) is 5. The number of hydrogen-bond donors (Lipinski definition) is 3. The molecule has 3 N–H and O–H groups in total. The summed E-state index contributed by atoms with van der Waals surface area (Å²) in [6, 6.07) is 3.50. The second-order valence-corrected chi connectivity index (χ2v) is 22.0. The number of esters is 1. The Morgan fingerprint density at radius 3 is 2.39 bits per heavy atom. The molecule has 5 fully saturated rings. The molecule has 6 amide bonds. The first kappa shape index (κ1) is 54.7. The monoisotopic (exact) mass is 1040 g/mol. The summed E-state index contributed by atoms with van der Waals surface area (Å²) in [4.78, 5) is 112. The number of anilines is 1. The van der Waals surface area contributed by atoms with Crippen molar-refractivity contribution >= 4 is 76.6 Å². The average molecular weight is 1050 g/mol. The summed E-state index contributed by atoms with van der Waals surface area (Å²) in [6.45, 7) is 8.64. The Labute approximate surface area is 427 Å². The van der Waals surface area contributed by atoms with Crippen molar-refractivity contribution < 1.29 is 77.1 Å². The van der Waals surface area contributed by atoms with Crippen molar-refractivity contribution in [2.24, 2.45) is 17.8 Å². The fraction of sp³-hybridized carbons (Fsp3) is 0.640. The standard InChI is InChI=1S/C50H65ClN4O16S/c1-27-10-8-11-36(56)50(65)25-34(68-47(64)52-50)28(2)43-49(5,70-43)37(24-40(59)53(6)32-21-30(20-27)22-33(66-7)42(32)51)69-46(63)48(3,4)67-18-9-19-72-35-23-41(60)54(44(35)61)26-29-12-14-31(15-13-29)45(62)71-55-38(57)16-17-39(55)58/h8,10-11,21-22,28-29,31,34-37,43,56,65H,9,12-20,23-26H2,1-7H3,(H,52,64)/b11-8+,27-10+/t28-,29?,31?,34+,35?,36-,37+,43+,49+,50+/m1/s1. The summed E-state index contributed by atoms with van der Waals surface area (Å²) in [6.07, 6.45) is 1.53. The second kappa shape index (κ2) is 22.2. The van der Waals surface area contributed by atoms with Gasteiger partial charge in [0.2, 0.25) is 17.7 Å². The highest BCUT2D eigenvalue weighted by atomic mass is 35.5. The lowest BCUT2D eigenvalue weighted by molar-refractivity contribution is -0.201. The number of alkyl carbamates (subject to hydrolysis) is 1. The van der Waals surface area contributed by atoms with Crippen molar-refractivity contribution in [1.82, 2.24) is 15.3 Å². The van der Waals surface area contributed by atoms with Gasteiger partial charge in [-0.2, -0.15) is 0 Å².